The minimum Gasteiger partial charge on any atom is -0.379 e. The Morgan fingerprint density at radius 2 is 1.71 bits per heavy atom. The molecule has 6 heteroatoms. The van der Waals surface area contributed by atoms with E-state index in [1.165, 1.54) is 27.8 Å². The van der Waals surface area contributed by atoms with Gasteiger partial charge >= 0.3 is 0 Å². The van der Waals surface area contributed by atoms with Gasteiger partial charge in [-0.3, -0.25) is 9.78 Å². The van der Waals surface area contributed by atoms with E-state index in [0.717, 1.165) is 46.3 Å². The third kappa shape index (κ3) is 4.71. The van der Waals surface area contributed by atoms with E-state index in [2.05, 4.69) is 83.1 Å². The Labute approximate surface area is 244 Å². The van der Waals surface area contributed by atoms with Crippen molar-refractivity contribution in [3.63, 3.8) is 0 Å². The van der Waals surface area contributed by atoms with E-state index in [0.29, 0.717) is 12.1 Å². The Balaban J connectivity index is 1.20. The number of carbonyl (C=O) groups excluding carboxylic acids is 1. The van der Waals surface area contributed by atoms with E-state index in [1.54, 1.807) is 6.33 Å². The van der Waals surface area contributed by atoms with Crippen LogP contribution < -0.4 is 11.1 Å². The van der Waals surface area contributed by atoms with Crippen molar-refractivity contribution < 1.29 is 4.79 Å². The van der Waals surface area contributed by atoms with Crippen LogP contribution in [0.5, 0.6) is 0 Å². The number of rotatable bonds is 8. The Morgan fingerprint density at radius 3 is 2.57 bits per heavy atom. The van der Waals surface area contributed by atoms with Gasteiger partial charge in [-0.15, -0.1) is 0 Å². The van der Waals surface area contributed by atoms with Crippen LogP contribution in [0.15, 0.2) is 110 Å². The Hall–Kier alpha value is -5.23. The molecule has 3 N–H and O–H groups in total. The number of para-hydroxylation sites is 1. The summed E-state index contributed by atoms with van der Waals surface area (Å²) >= 11 is 0. The summed E-state index contributed by atoms with van der Waals surface area (Å²) in [6.07, 6.45) is 7.52. The average molecular weight is 550 g/mol. The Bertz CT molecular complexity index is 1960. The molecule has 0 radical (unpaired) electrons. The minimum absolute atomic E-state index is 0.269. The number of nitrogens with two attached hydrogens (primary N) is 1. The first-order valence-electron chi connectivity index (χ1n) is 14.3. The Kier molecular flexibility index (Phi) is 6.51. The molecule has 1 atom stereocenters. The summed E-state index contributed by atoms with van der Waals surface area (Å²) < 4.78 is 1.90. The van der Waals surface area contributed by atoms with Crippen LogP contribution in [0.3, 0.4) is 0 Å². The standard InChI is InChI=1S/C36H31N5O/c1-41-21-26(40-22-41)20-39-34-17-23(14-16-32(34)36(37)42)13-15-29-28-8-3-4-9-30(28)35-27(10-6-11-31(29)35)25-18-24-7-2-5-12-33(24)38-19-25/h2-12,14,16-19,21-22,29,39H,13,15,20H2,1H3,(H2,37,42). The maximum absolute atomic E-state index is 12.2. The molecule has 6 aromatic rings. The lowest BCUT2D eigenvalue weighted by Crippen LogP contribution is -2.15. The molecule has 0 saturated carbocycles. The summed E-state index contributed by atoms with van der Waals surface area (Å²) in [5, 5.41) is 4.52. The third-order valence-corrected chi connectivity index (χ3v) is 8.27. The zero-order valence-corrected chi connectivity index (χ0v) is 23.4. The van der Waals surface area contributed by atoms with Crippen molar-refractivity contribution in [3.8, 4) is 22.3 Å². The summed E-state index contributed by atoms with van der Waals surface area (Å²) in [6.45, 7) is 0.514. The molecular weight excluding hydrogens is 518 g/mol. The van der Waals surface area contributed by atoms with Crippen molar-refractivity contribution in [2.75, 3.05) is 5.32 Å². The summed E-state index contributed by atoms with van der Waals surface area (Å²) in [5.41, 5.74) is 17.6. The quantitative estimate of drug-likeness (QED) is 0.212. The molecule has 206 valence electrons. The van der Waals surface area contributed by atoms with E-state index in [1.807, 2.05) is 42.2 Å². The van der Waals surface area contributed by atoms with Crippen molar-refractivity contribution in [2.45, 2.75) is 25.3 Å². The van der Waals surface area contributed by atoms with Crippen LogP contribution in [0.4, 0.5) is 5.69 Å². The molecule has 2 aromatic heterocycles. The second-order valence-corrected chi connectivity index (χ2v) is 11.0. The van der Waals surface area contributed by atoms with Gasteiger partial charge in [0.05, 0.1) is 29.6 Å². The molecule has 0 saturated heterocycles. The minimum atomic E-state index is -0.445. The fraction of sp³-hybridized carbons (Fsp3) is 0.139. The summed E-state index contributed by atoms with van der Waals surface area (Å²) in [7, 11) is 1.94. The van der Waals surface area contributed by atoms with Gasteiger partial charge in [0, 0.05) is 42.0 Å². The van der Waals surface area contributed by atoms with Crippen molar-refractivity contribution in [1.29, 1.82) is 0 Å². The first-order valence-corrected chi connectivity index (χ1v) is 14.3. The van der Waals surface area contributed by atoms with Crippen LogP contribution in [-0.2, 0) is 20.0 Å². The number of fused-ring (bicyclic) bond motifs is 4. The molecule has 42 heavy (non-hydrogen) atoms. The van der Waals surface area contributed by atoms with Crippen LogP contribution in [0.2, 0.25) is 0 Å². The fourth-order valence-corrected chi connectivity index (χ4v) is 6.29. The molecule has 1 unspecified atom stereocenters. The normalized spacial score (nSPS) is 13.6. The molecule has 7 rings (SSSR count). The zero-order valence-electron chi connectivity index (χ0n) is 23.4. The van der Waals surface area contributed by atoms with Gasteiger partial charge in [0.25, 0.3) is 5.91 Å². The monoisotopic (exact) mass is 549 g/mol. The number of benzene rings is 4. The van der Waals surface area contributed by atoms with Crippen molar-refractivity contribution >= 4 is 22.5 Å². The maximum atomic E-state index is 12.2. The molecule has 1 aliphatic carbocycles. The summed E-state index contributed by atoms with van der Waals surface area (Å²) in [5.74, 6) is -0.176. The van der Waals surface area contributed by atoms with Gasteiger partial charge in [-0.2, -0.15) is 0 Å². The number of nitrogens with one attached hydrogen (secondary N) is 1. The number of aryl methyl sites for hydroxylation is 2. The van der Waals surface area contributed by atoms with Gasteiger partial charge in [0.2, 0.25) is 0 Å². The number of nitrogens with zero attached hydrogens (tertiary/aromatic N) is 3. The van der Waals surface area contributed by atoms with Crippen LogP contribution >= 0.6 is 0 Å². The molecule has 1 amide bonds. The number of carbonyl (C=O) groups is 1. The smallest absolute Gasteiger partial charge is 0.250 e. The highest BCUT2D eigenvalue weighted by Crippen LogP contribution is 2.50. The first-order chi connectivity index (χ1) is 20.5. The van der Waals surface area contributed by atoms with Gasteiger partial charge in [0.15, 0.2) is 0 Å². The molecule has 2 heterocycles. The van der Waals surface area contributed by atoms with Crippen LogP contribution in [0, 0.1) is 0 Å². The van der Waals surface area contributed by atoms with Crippen molar-refractivity contribution in [3.05, 3.63) is 138 Å². The first kappa shape index (κ1) is 25.7. The number of aromatic nitrogens is 3. The molecule has 1 aliphatic rings. The molecule has 4 aromatic carbocycles. The largest absolute Gasteiger partial charge is 0.379 e. The highest BCUT2D eigenvalue weighted by Gasteiger charge is 2.30. The maximum Gasteiger partial charge on any atom is 0.250 e. The number of amides is 1. The lowest BCUT2D eigenvalue weighted by molar-refractivity contribution is 0.100. The topological polar surface area (TPSA) is 85.8 Å². The van der Waals surface area contributed by atoms with Gasteiger partial charge in [0.1, 0.15) is 0 Å². The van der Waals surface area contributed by atoms with E-state index in [-0.39, 0.29) is 5.92 Å². The predicted molar refractivity (Wildman–Crippen MR) is 168 cm³/mol. The lowest BCUT2D eigenvalue weighted by atomic mass is 9.89. The number of pyridine rings is 1. The molecule has 0 bridgehead atoms. The second kappa shape index (κ2) is 10.6. The molecule has 6 nitrogen and oxygen atoms in total. The SMILES string of the molecule is Cn1cnc(CNc2cc(CCC3c4ccccc4-c4c(-c5cnc6ccccc6c5)cccc43)ccc2C(N)=O)c1. The number of primary amides is 1. The molecule has 0 fully saturated rings. The second-order valence-electron chi connectivity index (χ2n) is 11.0. The van der Waals surface area contributed by atoms with Gasteiger partial charge in [-0.25, -0.2) is 4.98 Å². The van der Waals surface area contributed by atoms with Gasteiger partial charge in [-0.05, 0) is 70.5 Å². The van der Waals surface area contributed by atoms with Gasteiger partial charge < -0.3 is 15.6 Å². The van der Waals surface area contributed by atoms with Crippen LogP contribution in [0.1, 0.15) is 45.1 Å². The van der Waals surface area contributed by atoms with E-state index < -0.39 is 5.91 Å². The predicted octanol–water partition coefficient (Wildman–Crippen LogP) is 7.09. The number of hydrogen-bond donors (Lipinski definition) is 2. The Morgan fingerprint density at radius 1 is 0.905 bits per heavy atom. The third-order valence-electron chi connectivity index (χ3n) is 8.27. The van der Waals surface area contributed by atoms with Crippen LogP contribution in [-0.4, -0.2) is 20.4 Å². The zero-order chi connectivity index (χ0) is 28.6. The average Bonchev–Trinajstić information content (AvgIpc) is 3.59. The van der Waals surface area contributed by atoms with Gasteiger partial charge in [-0.1, -0.05) is 66.7 Å². The van der Waals surface area contributed by atoms with E-state index >= 15 is 0 Å². The van der Waals surface area contributed by atoms with Crippen LogP contribution in [0.25, 0.3) is 33.2 Å². The molecular formula is C36H31N5O. The van der Waals surface area contributed by atoms with E-state index in [9.17, 15) is 4.79 Å². The number of imidazole rings is 1. The number of hydrogen-bond acceptors (Lipinski definition) is 4. The van der Waals surface area contributed by atoms with Crippen molar-refractivity contribution in [1.82, 2.24) is 14.5 Å². The molecule has 0 spiro atoms. The van der Waals surface area contributed by atoms with E-state index in [4.69, 9.17) is 10.7 Å². The highest BCUT2D eigenvalue weighted by atomic mass is 16.1. The fourth-order valence-electron chi connectivity index (χ4n) is 6.29. The highest BCUT2D eigenvalue weighted by molar-refractivity contribution is 5.98. The van der Waals surface area contributed by atoms with Crippen molar-refractivity contribution in [2.24, 2.45) is 12.8 Å². The lowest BCUT2D eigenvalue weighted by Gasteiger charge is -2.16. The summed E-state index contributed by atoms with van der Waals surface area (Å²) in [4.78, 5) is 21.3. The molecule has 0 aliphatic heterocycles. The summed E-state index contributed by atoms with van der Waals surface area (Å²) in [6, 6.07) is 31.8. The number of anilines is 1.